The summed E-state index contributed by atoms with van der Waals surface area (Å²) in [6, 6.07) is 7.26. The van der Waals surface area contributed by atoms with Crippen molar-refractivity contribution in [3.8, 4) is 5.75 Å². The normalized spacial score (nSPS) is 13.3. The number of halogens is 1. The lowest BCUT2D eigenvalue weighted by atomic mass is 10.0. The number of phenolic OH excluding ortho intramolecular Hbond substituents is 1. The molecule has 0 bridgehead atoms. The van der Waals surface area contributed by atoms with Crippen molar-refractivity contribution in [1.82, 2.24) is 10.8 Å². The number of hydroxylamine groups is 1. The van der Waals surface area contributed by atoms with E-state index in [0.717, 1.165) is 18.4 Å². The van der Waals surface area contributed by atoms with E-state index in [4.69, 9.17) is 0 Å². The lowest BCUT2D eigenvalue weighted by molar-refractivity contribution is 0.0535. The van der Waals surface area contributed by atoms with Gasteiger partial charge in [0, 0.05) is 11.8 Å². The summed E-state index contributed by atoms with van der Waals surface area (Å²) in [5, 5.41) is 22.5. The molecule has 0 aliphatic heterocycles. The van der Waals surface area contributed by atoms with Gasteiger partial charge in [-0.25, -0.2) is 18.3 Å². The molecule has 0 saturated carbocycles. The van der Waals surface area contributed by atoms with Gasteiger partial charge in [0.15, 0.2) is 9.84 Å². The van der Waals surface area contributed by atoms with Crippen molar-refractivity contribution in [2.24, 2.45) is 0 Å². The van der Waals surface area contributed by atoms with Gasteiger partial charge in [0.2, 0.25) is 0 Å². The van der Waals surface area contributed by atoms with Crippen LogP contribution in [0, 0.1) is 0 Å². The van der Waals surface area contributed by atoms with E-state index in [9.17, 15) is 32.6 Å². The number of hydrogen-bond acceptors (Lipinski definition) is 7. The Kier molecular flexibility index (Phi) is 7.48. The number of aromatic hydroxyl groups is 1. The summed E-state index contributed by atoms with van der Waals surface area (Å²) >= 11 is 0. The smallest absolute Gasteiger partial charge is 0.278 e. The zero-order chi connectivity index (χ0) is 22.5. The Morgan fingerprint density at radius 2 is 1.77 bits per heavy atom. The maximum Gasteiger partial charge on any atom is 0.278 e. The minimum Gasteiger partial charge on any atom is -0.507 e. The summed E-state index contributed by atoms with van der Waals surface area (Å²) in [5.41, 5.74) is 1.91. The largest absolute Gasteiger partial charge is 0.507 e. The molecule has 2 rings (SSSR count). The van der Waals surface area contributed by atoms with Gasteiger partial charge in [-0.15, -0.1) is 0 Å². The lowest BCUT2D eigenvalue weighted by Gasteiger charge is -2.22. The number of sulfone groups is 1. The first-order valence-corrected chi connectivity index (χ1v) is 10.5. The van der Waals surface area contributed by atoms with Crippen LogP contribution >= 0.6 is 0 Å². The van der Waals surface area contributed by atoms with E-state index in [1.807, 2.05) is 5.48 Å². The zero-order valence-corrected chi connectivity index (χ0v) is 16.9. The maximum atomic E-state index is 13.5. The van der Waals surface area contributed by atoms with Gasteiger partial charge in [-0.1, -0.05) is 12.1 Å². The Morgan fingerprint density at radius 1 is 1.13 bits per heavy atom. The number of amides is 2. The molecule has 0 saturated heterocycles. The van der Waals surface area contributed by atoms with Crippen LogP contribution in [-0.4, -0.2) is 56.5 Å². The van der Waals surface area contributed by atoms with Crippen molar-refractivity contribution < 1.29 is 37.4 Å². The van der Waals surface area contributed by atoms with Crippen LogP contribution in [0.5, 0.6) is 5.75 Å². The van der Waals surface area contributed by atoms with Gasteiger partial charge >= 0.3 is 0 Å². The number of aliphatic hydroxyl groups excluding tert-OH is 1. The minimum absolute atomic E-state index is 0.0326. The standard InChI is InChI=1S/C19H21FN2O7S/c1-29-22-19(26)14-9-12(5-8-16(14)23)18(25)21-15(10-20)17(24)11-3-6-13(7-4-11)30(2,27)28/h3-9,15,17,23-24H,10H2,1-2H3,(H,21,25)(H,22,26). The average molecular weight is 440 g/mol. The summed E-state index contributed by atoms with van der Waals surface area (Å²) in [4.78, 5) is 28.8. The molecule has 0 radical (unpaired) electrons. The summed E-state index contributed by atoms with van der Waals surface area (Å²) in [5.74, 6) is -1.98. The Labute approximate surface area is 172 Å². The van der Waals surface area contributed by atoms with Crippen LogP contribution in [0.1, 0.15) is 32.4 Å². The predicted octanol–water partition coefficient (Wildman–Crippen LogP) is 0.888. The molecule has 0 fully saturated rings. The monoisotopic (exact) mass is 440 g/mol. The van der Waals surface area contributed by atoms with Gasteiger partial charge in [-0.3, -0.25) is 14.4 Å². The number of phenols is 1. The molecule has 2 aromatic carbocycles. The van der Waals surface area contributed by atoms with Crippen LogP contribution in [-0.2, 0) is 14.7 Å². The van der Waals surface area contributed by atoms with E-state index in [-0.39, 0.29) is 21.6 Å². The fourth-order valence-electron chi connectivity index (χ4n) is 2.60. The topological polar surface area (TPSA) is 142 Å². The third-order valence-corrected chi connectivity index (χ3v) is 5.34. The fraction of sp³-hybridized carbons (Fsp3) is 0.263. The van der Waals surface area contributed by atoms with E-state index in [2.05, 4.69) is 10.2 Å². The van der Waals surface area contributed by atoms with Crippen molar-refractivity contribution in [3.05, 3.63) is 59.2 Å². The third kappa shape index (κ3) is 5.53. The Balaban J connectivity index is 2.19. The van der Waals surface area contributed by atoms with Crippen LogP contribution in [0.4, 0.5) is 4.39 Å². The SMILES string of the molecule is CONC(=O)c1cc(C(=O)NC(CF)C(O)c2ccc(S(C)(=O)=O)cc2)ccc1O. The van der Waals surface area contributed by atoms with Crippen LogP contribution in [0.2, 0.25) is 0 Å². The number of nitrogens with one attached hydrogen (secondary N) is 2. The highest BCUT2D eigenvalue weighted by atomic mass is 32.2. The molecule has 0 aliphatic carbocycles. The minimum atomic E-state index is -3.43. The van der Waals surface area contributed by atoms with Crippen LogP contribution in [0.25, 0.3) is 0 Å². The van der Waals surface area contributed by atoms with Crippen LogP contribution < -0.4 is 10.8 Å². The predicted molar refractivity (Wildman–Crippen MR) is 104 cm³/mol. The number of carbonyl (C=O) groups is 2. The summed E-state index contributed by atoms with van der Waals surface area (Å²) in [6.07, 6.45) is -0.428. The molecule has 0 aromatic heterocycles. The number of carbonyl (C=O) groups excluding carboxylic acids is 2. The Bertz CT molecular complexity index is 1030. The molecule has 2 atom stereocenters. The van der Waals surface area contributed by atoms with Gasteiger partial charge in [0.1, 0.15) is 18.5 Å². The number of hydrogen-bond donors (Lipinski definition) is 4. The van der Waals surface area contributed by atoms with Crippen molar-refractivity contribution in [1.29, 1.82) is 0 Å². The highest BCUT2D eigenvalue weighted by molar-refractivity contribution is 7.90. The molecule has 0 aliphatic rings. The molecule has 9 nitrogen and oxygen atoms in total. The molecular formula is C19H21FN2O7S. The first-order chi connectivity index (χ1) is 14.1. The van der Waals surface area contributed by atoms with E-state index in [0.29, 0.717) is 0 Å². The third-order valence-electron chi connectivity index (χ3n) is 4.21. The average Bonchev–Trinajstić information content (AvgIpc) is 2.71. The first-order valence-electron chi connectivity index (χ1n) is 8.59. The second-order valence-electron chi connectivity index (χ2n) is 6.39. The summed E-state index contributed by atoms with van der Waals surface area (Å²) < 4.78 is 36.5. The van der Waals surface area contributed by atoms with E-state index in [1.165, 1.54) is 37.4 Å². The van der Waals surface area contributed by atoms with Crippen molar-refractivity contribution in [2.45, 2.75) is 17.0 Å². The van der Waals surface area contributed by atoms with Crippen molar-refractivity contribution in [3.63, 3.8) is 0 Å². The number of aliphatic hydroxyl groups is 1. The van der Waals surface area contributed by atoms with Gasteiger partial charge < -0.3 is 15.5 Å². The summed E-state index contributed by atoms with van der Waals surface area (Å²) in [6.45, 7) is -1.12. The second-order valence-corrected chi connectivity index (χ2v) is 8.40. The highest BCUT2D eigenvalue weighted by Crippen LogP contribution is 2.22. The number of alkyl halides is 1. The molecule has 2 amide bonds. The van der Waals surface area contributed by atoms with E-state index in [1.54, 1.807) is 0 Å². The van der Waals surface area contributed by atoms with Crippen LogP contribution in [0.3, 0.4) is 0 Å². The molecule has 30 heavy (non-hydrogen) atoms. The number of benzene rings is 2. The highest BCUT2D eigenvalue weighted by Gasteiger charge is 2.25. The molecule has 2 unspecified atom stereocenters. The fourth-order valence-corrected chi connectivity index (χ4v) is 3.24. The molecule has 4 N–H and O–H groups in total. The van der Waals surface area contributed by atoms with Crippen molar-refractivity contribution >= 4 is 21.7 Å². The molecular weight excluding hydrogens is 419 g/mol. The van der Waals surface area contributed by atoms with Gasteiger partial charge in [0.25, 0.3) is 11.8 Å². The second kappa shape index (κ2) is 9.65. The van der Waals surface area contributed by atoms with Gasteiger partial charge in [-0.05, 0) is 35.9 Å². The summed E-state index contributed by atoms with van der Waals surface area (Å²) in [7, 11) is -2.24. The van der Waals surface area contributed by atoms with E-state index < -0.39 is 46.2 Å². The van der Waals surface area contributed by atoms with E-state index >= 15 is 0 Å². The van der Waals surface area contributed by atoms with Crippen molar-refractivity contribution in [2.75, 3.05) is 20.0 Å². The Morgan fingerprint density at radius 3 is 2.30 bits per heavy atom. The molecule has 0 heterocycles. The zero-order valence-electron chi connectivity index (χ0n) is 16.1. The van der Waals surface area contributed by atoms with Gasteiger partial charge in [-0.2, -0.15) is 0 Å². The molecule has 162 valence electrons. The Hall–Kier alpha value is -3.02. The molecule has 11 heteroatoms. The molecule has 2 aromatic rings. The first kappa shape index (κ1) is 23.3. The van der Waals surface area contributed by atoms with Gasteiger partial charge in [0.05, 0.1) is 23.6 Å². The lowest BCUT2D eigenvalue weighted by Crippen LogP contribution is -2.41. The quantitative estimate of drug-likeness (QED) is 0.447. The van der Waals surface area contributed by atoms with Crippen LogP contribution in [0.15, 0.2) is 47.4 Å². The number of rotatable bonds is 8. The maximum absolute atomic E-state index is 13.5. The molecule has 0 spiro atoms.